The van der Waals surface area contributed by atoms with Gasteiger partial charge in [-0.2, -0.15) is 0 Å². The number of aromatic nitrogens is 2. The van der Waals surface area contributed by atoms with Crippen molar-refractivity contribution in [2.45, 2.75) is 6.42 Å². The lowest BCUT2D eigenvalue weighted by Crippen LogP contribution is -2.29. The van der Waals surface area contributed by atoms with Gasteiger partial charge in [-0.25, -0.2) is 9.97 Å². The van der Waals surface area contributed by atoms with Crippen molar-refractivity contribution < 1.29 is 0 Å². The summed E-state index contributed by atoms with van der Waals surface area (Å²) in [6.45, 7) is 3.92. The molecule has 0 bridgehead atoms. The molecule has 4 nitrogen and oxygen atoms in total. The molecule has 0 radical (unpaired) electrons. The molecular formula is C15H16BrClN4. The molecule has 3 rings (SSSR count). The van der Waals surface area contributed by atoms with Crippen LogP contribution in [0.15, 0.2) is 34.9 Å². The highest BCUT2D eigenvalue weighted by atomic mass is 79.9. The lowest BCUT2D eigenvalue weighted by molar-refractivity contribution is 0.724. The van der Waals surface area contributed by atoms with Crippen molar-refractivity contribution in [2.24, 2.45) is 0 Å². The maximum absolute atomic E-state index is 6.31. The van der Waals surface area contributed by atoms with E-state index in [2.05, 4.69) is 36.1 Å². The van der Waals surface area contributed by atoms with E-state index >= 15 is 0 Å². The summed E-state index contributed by atoms with van der Waals surface area (Å²) >= 11 is 9.74. The van der Waals surface area contributed by atoms with Crippen LogP contribution in [-0.2, 0) is 0 Å². The molecule has 1 aromatic carbocycles. The Bertz CT molecular complexity index is 627. The van der Waals surface area contributed by atoms with Gasteiger partial charge < -0.3 is 10.2 Å². The standard InChI is InChI=1S/C15H16BrClN4/c16-11-2-3-12(13(17)10-11)14-4-6-19-15(20-14)21-8-1-5-18-7-9-21/h2-4,6,10,18H,1,5,7-9H2. The van der Waals surface area contributed by atoms with E-state index < -0.39 is 0 Å². The van der Waals surface area contributed by atoms with E-state index in [1.165, 1.54) is 0 Å². The van der Waals surface area contributed by atoms with Crippen LogP contribution < -0.4 is 10.2 Å². The number of hydrogen-bond acceptors (Lipinski definition) is 4. The Morgan fingerprint density at radius 3 is 2.95 bits per heavy atom. The predicted molar refractivity (Wildman–Crippen MR) is 89.9 cm³/mol. The number of nitrogens with one attached hydrogen (secondary N) is 1. The Balaban J connectivity index is 1.92. The van der Waals surface area contributed by atoms with Gasteiger partial charge in [-0.3, -0.25) is 0 Å². The maximum Gasteiger partial charge on any atom is 0.225 e. The van der Waals surface area contributed by atoms with E-state index in [0.29, 0.717) is 5.02 Å². The lowest BCUT2D eigenvalue weighted by atomic mass is 10.1. The summed E-state index contributed by atoms with van der Waals surface area (Å²) in [5.74, 6) is 0.773. The monoisotopic (exact) mass is 366 g/mol. The van der Waals surface area contributed by atoms with E-state index in [1.807, 2.05) is 24.3 Å². The third-order valence-electron chi connectivity index (χ3n) is 3.47. The molecule has 0 atom stereocenters. The second-order valence-corrected chi connectivity index (χ2v) is 6.28. The molecule has 110 valence electrons. The molecule has 1 aromatic heterocycles. The van der Waals surface area contributed by atoms with Crippen LogP contribution in [0.25, 0.3) is 11.3 Å². The summed E-state index contributed by atoms with van der Waals surface area (Å²) in [6, 6.07) is 7.73. The average Bonchev–Trinajstić information content (AvgIpc) is 2.76. The third-order valence-corrected chi connectivity index (χ3v) is 4.28. The summed E-state index contributed by atoms with van der Waals surface area (Å²) in [5.41, 5.74) is 1.78. The molecule has 1 fully saturated rings. The first-order valence-corrected chi connectivity index (χ1v) is 8.15. The Morgan fingerprint density at radius 1 is 1.19 bits per heavy atom. The Labute approximate surface area is 137 Å². The molecule has 1 aliphatic rings. The fraction of sp³-hybridized carbons (Fsp3) is 0.333. The summed E-state index contributed by atoms with van der Waals surface area (Å²) in [6.07, 6.45) is 2.90. The highest BCUT2D eigenvalue weighted by Gasteiger charge is 2.13. The van der Waals surface area contributed by atoms with Crippen molar-refractivity contribution in [3.05, 3.63) is 40.0 Å². The van der Waals surface area contributed by atoms with Crippen LogP contribution in [0, 0.1) is 0 Å². The van der Waals surface area contributed by atoms with Crippen LogP contribution in [0.5, 0.6) is 0 Å². The summed E-state index contributed by atoms with van der Waals surface area (Å²) in [5, 5.41) is 4.07. The zero-order valence-corrected chi connectivity index (χ0v) is 13.9. The first-order valence-electron chi connectivity index (χ1n) is 6.98. The summed E-state index contributed by atoms with van der Waals surface area (Å²) in [7, 11) is 0. The molecule has 1 aliphatic heterocycles. The smallest absolute Gasteiger partial charge is 0.225 e. The quantitative estimate of drug-likeness (QED) is 0.884. The van der Waals surface area contributed by atoms with Crippen molar-refractivity contribution in [1.29, 1.82) is 0 Å². The summed E-state index contributed by atoms with van der Waals surface area (Å²) in [4.78, 5) is 11.3. The number of benzene rings is 1. The van der Waals surface area contributed by atoms with Gasteiger partial charge in [0.25, 0.3) is 0 Å². The van der Waals surface area contributed by atoms with Gasteiger partial charge in [0.2, 0.25) is 5.95 Å². The first-order chi connectivity index (χ1) is 10.2. The lowest BCUT2D eigenvalue weighted by Gasteiger charge is -2.20. The minimum Gasteiger partial charge on any atom is -0.339 e. The van der Waals surface area contributed by atoms with Gasteiger partial charge >= 0.3 is 0 Å². The molecule has 0 unspecified atom stereocenters. The minimum absolute atomic E-state index is 0.687. The molecule has 0 amide bonds. The fourth-order valence-corrected chi connectivity index (χ4v) is 3.16. The van der Waals surface area contributed by atoms with Crippen LogP contribution in [-0.4, -0.2) is 36.1 Å². The van der Waals surface area contributed by atoms with Gasteiger partial charge in [-0.1, -0.05) is 33.6 Å². The number of halogens is 2. The predicted octanol–water partition coefficient (Wildman–Crippen LogP) is 3.36. The minimum atomic E-state index is 0.687. The SMILES string of the molecule is Clc1cc(Br)ccc1-c1ccnc(N2CCCNCC2)n1. The van der Waals surface area contributed by atoms with Crippen LogP contribution in [0.4, 0.5) is 5.95 Å². The highest BCUT2D eigenvalue weighted by Crippen LogP contribution is 2.29. The molecule has 0 saturated carbocycles. The second-order valence-electron chi connectivity index (χ2n) is 4.96. The molecule has 6 heteroatoms. The Kier molecular flexibility index (Phi) is 4.73. The number of hydrogen-bond donors (Lipinski definition) is 1. The first kappa shape index (κ1) is 14.8. The van der Waals surface area contributed by atoms with Crippen molar-refractivity contribution in [3.63, 3.8) is 0 Å². The van der Waals surface area contributed by atoms with Gasteiger partial charge in [-0.15, -0.1) is 0 Å². The van der Waals surface area contributed by atoms with Crippen LogP contribution in [0.1, 0.15) is 6.42 Å². The highest BCUT2D eigenvalue weighted by molar-refractivity contribution is 9.10. The van der Waals surface area contributed by atoms with Crippen molar-refractivity contribution >= 4 is 33.5 Å². The second kappa shape index (κ2) is 6.73. The maximum atomic E-state index is 6.31. The number of anilines is 1. The van der Waals surface area contributed by atoms with Crippen molar-refractivity contribution in [2.75, 3.05) is 31.1 Å². The van der Waals surface area contributed by atoms with Crippen LogP contribution in [0.3, 0.4) is 0 Å². The van der Waals surface area contributed by atoms with Gasteiger partial charge in [0, 0.05) is 35.9 Å². The van der Waals surface area contributed by atoms with E-state index in [9.17, 15) is 0 Å². The van der Waals surface area contributed by atoms with Gasteiger partial charge in [0.1, 0.15) is 0 Å². The van der Waals surface area contributed by atoms with E-state index in [-0.39, 0.29) is 0 Å². The van der Waals surface area contributed by atoms with Gasteiger partial charge in [0.05, 0.1) is 10.7 Å². The molecule has 1 N–H and O–H groups in total. The van der Waals surface area contributed by atoms with Gasteiger partial charge in [-0.05, 0) is 31.2 Å². The third kappa shape index (κ3) is 3.54. The Hall–Kier alpha value is -1.17. The van der Waals surface area contributed by atoms with E-state index in [0.717, 1.165) is 54.3 Å². The normalized spacial score (nSPS) is 15.8. The van der Waals surface area contributed by atoms with Crippen LogP contribution in [0.2, 0.25) is 5.02 Å². The molecule has 21 heavy (non-hydrogen) atoms. The molecular weight excluding hydrogens is 352 g/mol. The van der Waals surface area contributed by atoms with Crippen molar-refractivity contribution in [1.82, 2.24) is 15.3 Å². The van der Waals surface area contributed by atoms with Crippen LogP contribution >= 0.6 is 27.5 Å². The molecule has 0 aliphatic carbocycles. The van der Waals surface area contributed by atoms with Gasteiger partial charge in [0.15, 0.2) is 0 Å². The summed E-state index contributed by atoms with van der Waals surface area (Å²) < 4.78 is 0.962. The average molecular weight is 368 g/mol. The van der Waals surface area contributed by atoms with E-state index in [1.54, 1.807) is 6.20 Å². The largest absolute Gasteiger partial charge is 0.339 e. The number of rotatable bonds is 2. The zero-order chi connectivity index (χ0) is 14.7. The van der Waals surface area contributed by atoms with Crippen molar-refractivity contribution in [3.8, 4) is 11.3 Å². The molecule has 0 spiro atoms. The molecule has 2 heterocycles. The van der Waals surface area contributed by atoms with E-state index in [4.69, 9.17) is 11.6 Å². The zero-order valence-electron chi connectivity index (χ0n) is 11.5. The molecule has 2 aromatic rings. The number of nitrogens with zero attached hydrogens (tertiary/aromatic N) is 3. The topological polar surface area (TPSA) is 41.1 Å². The Morgan fingerprint density at radius 2 is 2.10 bits per heavy atom. The molecule has 1 saturated heterocycles. The fourth-order valence-electron chi connectivity index (χ4n) is 2.39.